The lowest BCUT2D eigenvalue weighted by Crippen LogP contribution is -2.61. The third-order valence-electron chi connectivity index (χ3n) is 6.36. The average Bonchev–Trinajstić information content (AvgIpc) is 2.44. The summed E-state index contributed by atoms with van der Waals surface area (Å²) in [5.41, 5.74) is 0.923. The van der Waals surface area contributed by atoms with Crippen molar-refractivity contribution < 1.29 is 19.8 Å². The molecule has 1 unspecified atom stereocenters. The van der Waals surface area contributed by atoms with Crippen LogP contribution in [0.1, 0.15) is 62.1 Å². The molecule has 1 amide bonds. The second kappa shape index (κ2) is 5.23. The number of carbonyl (C=O) groups excluding carboxylic acids is 1. The van der Waals surface area contributed by atoms with Gasteiger partial charge in [0.25, 0.3) is 0 Å². The first-order valence-electron chi connectivity index (χ1n) is 8.80. The van der Waals surface area contributed by atoms with Crippen LogP contribution in [0.15, 0.2) is 18.2 Å². The van der Waals surface area contributed by atoms with Crippen LogP contribution in [0.5, 0.6) is 5.75 Å². The van der Waals surface area contributed by atoms with Gasteiger partial charge in [0.1, 0.15) is 11.2 Å². The van der Waals surface area contributed by atoms with Gasteiger partial charge in [0, 0.05) is 0 Å². The molecule has 0 aliphatic heterocycles. The molecular weight excluding hydrogens is 306 g/mol. The molecule has 3 aliphatic carbocycles. The number of nitrogens with one attached hydrogen (secondary N) is 1. The van der Waals surface area contributed by atoms with Crippen molar-refractivity contribution in [2.75, 3.05) is 0 Å². The maximum Gasteiger partial charge on any atom is 0.319 e. The van der Waals surface area contributed by atoms with E-state index >= 15 is 0 Å². The molecule has 0 saturated heterocycles. The fourth-order valence-corrected chi connectivity index (χ4v) is 4.91. The minimum Gasteiger partial charge on any atom is -0.508 e. The molecule has 3 aliphatic rings. The van der Waals surface area contributed by atoms with Crippen molar-refractivity contribution in [2.24, 2.45) is 10.8 Å². The van der Waals surface area contributed by atoms with E-state index in [2.05, 4.69) is 5.32 Å². The quantitative estimate of drug-likeness (QED) is 0.744. The summed E-state index contributed by atoms with van der Waals surface area (Å²) in [7, 11) is 0. The Morgan fingerprint density at radius 3 is 2.54 bits per heavy atom. The number of aliphatic carboxylic acids is 1. The molecule has 0 radical (unpaired) electrons. The molecule has 2 fully saturated rings. The summed E-state index contributed by atoms with van der Waals surface area (Å²) < 4.78 is 0. The normalized spacial score (nSPS) is 25.9. The van der Waals surface area contributed by atoms with Crippen molar-refractivity contribution in [1.29, 1.82) is 0 Å². The average molecular weight is 329 g/mol. The highest BCUT2D eigenvalue weighted by Gasteiger charge is 2.65. The van der Waals surface area contributed by atoms with Crippen LogP contribution in [0.3, 0.4) is 0 Å². The minimum atomic E-state index is -1.24. The lowest BCUT2D eigenvalue weighted by Gasteiger charge is -2.58. The topological polar surface area (TPSA) is 86.6 Å². The van der Waals surface area contributed by atoms with E-state index < -0.39 is 11.4 Å². The second-order valence-corrected chi connectivity index (χ2v) is 7.90. The summed E-state index contributed by atoms with van der Waals surface area (Å²) in [6, 6.07) is 5.06. The van der Waals surface area contributed by atoms with Crippen molar-refractivity contribution in [1.82, 2.24) is 5.32 Å². The molecule has 1 atom stereocenters. The third-order valence-corrected chi connectivity index (χ3v) is 6.36. The number of carbonyl (C=O) groups is 2. The van der Waals surface area contributed by atoms with E-state index in [-0.39, 0.29) is 23.1 Å². The van der Waals surface area contributed by atoms with E-state index in [0.29, 0.717) is 12.8 Å². The Hall–Kier alpha value is -2.04. The Morgan fingerprint density at radius 1 is 1.17 bits per heavy atom. The number of hydrogen-bond donors (Lipinski definition) is 3. The number of phenols is 1. The molecule has 5 nitrogen and oxygen atoms in total. The zero-order chi connectivity index (χ0) is 16.9. The Kier molecular flexibility index (Phi) is 3.37. The standard InChI is InChI=1S/C19H23NO4/c21-13-5-6-14-12(9-13)3-1-4-15(14)20-16(22)19(17(23)24)10-18(11-19)7-2-8-18/h5-6,9,15,21H,1-4,7-8,10-11H2,(H,20,22)(H,23,24). The van der Waals surface area contributed by atoms with Gasteiger partial charge in [-0.15, -0.1) is 0 Å². The molecule has 1 spiro atoms. The maximum atomic E-state index is 12.8. The highest BCUT2D eigenvalue weighted by atomic mass is 16.4. The van der Waals surface area contributed by atoms with E-state index in [1.165, 1.54) is 0 Å². The summed E-state index contributed by atoms with van der Waals surface area (Å²) >= 11 is 0. The van der Waals surface area contributed by atoms with Crippen molar-refractivity contribution in [3.8, 4) is 5.75 Å². The Labute approximate surface area is 141 Å². The lowest BCUT2D eigenvalue weighted by atomic mass is 9.45. The number of amides is 1. The monoisotopic (exact) mass is 329 g/mol. The van der Waals surface area contributed by atoms with E-state index in [9.17, 15) is 19.8 Å². The molecule has 128 valence electrons. The predicted molar refractivity (Wildman–Crippen MR) is 87.5 cm³/mol. The number of carboxylic acid groups (broad SMARTS) is 1. The zero-order valence-electron chi connectivity index (χ0n) is 13.7. The number of fused-ring (bicyclic) bond motifs is 1. The van der Waals surface area contributed by atoms with Gasteiger partial charge in [-0.05, 0) is 73.6 Å². The number of hydrogen-bond acceptors (Lipinski definition) is 3. The van der Waals surface area contributed by atoms with Gasteiger partial charge in [-0.2, -0.15) is 0 Å². The summed E-state index contributed by atoms with van der Waals surface area (Å²) in [6.07, 6.45) is 6.84. The predicted octanol–water partition coefficient (Wildman–Crippen LogP) is 2.92. The van der Waals surface area contributed by atoms with E-state index in [0.717, 1.165) is 49.7 Å². The van der Waals surface area contributed by atoms with Crippen LogP contribution < -0.4 is 5.32 Å². The SMILES string of the molecule is O=C(O)C1(C(=O)NC2CCCc3cc(O)ccc32)CC2(CCC2)C1. The molecule has 5 heteroatoms. The van der Waals surface area contributed by atoms with Gasteiger partial charge in [-0.25, -0.2) is 0 Å². The second-order valence-electron chi connectivity index (χ2n) is 7.90. The fraction of sp³-hybridized carbons (Fsp3) is 0.579. The highest BCUT2D eigenvalue weighted by molar-refractivity contribution is 6.03. The Bertz CT molecular complexity index is 699. The maximum absolute atomic E-state index is 12.8. The van der Waals surface area contributed by atoms with Gasteiger partial charge in [0.15, 0.2) is 0 Å². The third kappa shape index (κ3) is 2.21. The smallest absolute Gasteiger partial charge is 0.319 e. The summed E-state index contributed by atoms with van der Waals surface area (Å²) in [5, 5.41) is 22.3. The highest BCUT2D eigenvalue weighted by Crippen LogP contribution is 2.64. The van der Waals surface area contributed by atoms with Crippen molar-refractivity contribution >= 4 is 11.9 Å². The number of rotatable bonds is 3. The van der Waals surface area contributed by atoms with Crippen LogP contribution in [0, 0.1) is 10.8 Å². The Morgan fingerprint density at radius 2 is 1.92 bits per heavy atom. The lowest BCUT2D eigenvalue weighted by molar-refractivity contribution is -0.181. The number of aryl methyl sites for hydroxylation is 1. The molecule has 1 aromatic rings. The van der Waals surface area contributed by atoms with Crippen LogP contribution >= 0.6 is 0 Å². The number of phenolic OH excluding ortho intramolecular Hbond substituents is 1. The van der Waals surface area contributed by atoms with Crippen molar-refractivity contribution in [3.05, 3.63) is 29.3 Å². The molecule has 3 N–H and O–H groups in total. The van der Waals surface area contributed by atoms with Gasteiger partial charge < -0.3 is 15.5 Å². The van der Waals surface area contributed by atoms with Crippen LogP contribution in [0.4, 0.5) is 0 Å². The van der Waals surface area contributed by atoms with Crippen molar-refractivity contribution in [3.63, 3.8) is 0 Å². The Balaban J connectivity index is 1.53. The minimum absolute atomic E-state index is 0.117. The van der Waals surface area contributed by atoms with Gasteiger partial charge in [0.2, 0.25) is 5.91 Å². The summed E-state index contributed by atoms with van der Waals surface area (Å²) in [4.78, 5) is 24.6. The summed E-state index contributed by atoms with van der Waals surface area (Å²) in [5.74, 6) is -1.09. The molecule has 1 aromatic carbocycles. The molecule has 4 rings (SSSR count). The molecule has 0 bridgehead atoms. The van der Waals surface area contributed by atoms with Crippen LogP contribution in [-0.2, 0) is 16.0 Å². The largest absolute Gasteiger partial charge is 0.508 e. The first kappa shape index (κ1) is 15.5. The van der Waals surface area contributed by atoms with Gasteiger partial charge in [-0.1, -0.05) is 12.5 Å². The first-order chi connectivity index (χ1) is 11.4. The van der Waals surface area contributed by atoms with E-state index in [1.54, 1.807) is 12.1 Å². The van der Waals surface area contributed by atoms with Crippen LogP contribution in [-0.4, -0.2) is 22.1 Å². The van der Waals surface area contributed by atoms with Crippen molar-refractivity contribution in [2.45, 2.75) is 57.4 Å². The van der Waals surface area contributed by atoms with E-state index in [1.807, 2.05) is 6.07 Å². The molecule has 0 aromatic heterocycles. The molecule has 2 saturated carbocycles. The number of carboxylic acids is 1. The number of aromatic hydroxyl groups is 1. The molecular formula is C19H23NO4. The molecule has 0 heterocycles. The van der Waals surface area contributed by atoms with Crippen LogP contribution in [0.25, 0.3) is 0 Å². The van der Waals surface area contributed by atoms with Gasteiger partial charge in [-0.3, -0.25) is 9.59 Å². The summed E-state index contributed by atoms with van der Waals surface area (Å²) in [6.45, 7) is 0. The number of benzene rings is 1. The van der Waals surface area contributed by atoms with Gasteiger partial charge in [0.05, 0.1) is 6.04 Å². The first-order valence-corrected chi connectivity index (χ1v) is 8.80. The fourth-order valence-electron chi connectivity index (χ4n) is 4.91. The van der Waals surface area contributed by atoms with E-state index in [4.69, 9.17) is 0 Å². The van der Waals surface area contributed by atoms with Gasteiger partial charge >= 0.3 is 5.97 Å². The zero-order valence-corrected chi connectivity index (χ0v) is 13.7. The van der Waals surface area contributed by atoms with Crippen LogP contribution in [0.2, 0.25) is 0 Å². The molecule has 24 heavy (non-hydrogen) atoms.